The maximum atomic E-state index is 9.00. The van der Waals surface area contributed by atoms with Gasteiger partial charge in [0.15, 0.2) is 0 Å². The number of pyridine rings is 1. The summed E-state index contributed by atoms with van der Waals surface area (Å²) in [5.74, 6) is 0.193. The molecule has 2 bridgehead atoms. The molecule has 1 N–H and O–H groups in total. The van der Waals surface area contributed by atoms with Crippen LogP contribution in [-0.2, 0) is 9.53 Å². The molecule has 0 aromatic carbocycles. The highest BCUT2D eigenvalue weighted by atomic mass is 16.5. The van der Waals surface area contributed by atoms with E-state index in [-0.39, 0.29) is 0 Å². The standard InChI is InChI=1S/C14H15N3O.C2H4O2/c1-2-13-12(9-11(1)18-13)17-8-7-16-14(17)10-3-5-15-6-4-10;1-2(3)4/h3-8,11-13H,1-2,9H2;1H3,(H,3,4)/t11-,12+,13+;/m0./s1. The lowest BCUT2D eigenvalue weighted by atomic mass is 9.95. The third kappa shape index (κ3) is 3.01. The van der Waals surface area contributed by atoms with Crippen LogP contribution in [0.25, 0.3) is 11.4 Å². The molecular formula is C16H19N3O3. The van der Waals surface area contributed by atoms with Gasteiger partial charge in [0.1, 0.15) is 5.82 Å². The molecule has 0 spiro atoms. The normalized spacial score (nSPS) is 25.6. The molecular weight excluding hydrogens is 282 g/mol. The molecule has 22 heavy (non-hydrogen) atoms. The fourth-order valence-corrected chi connectivity index (χ4v) is 3.21. The minimum Gasteiger partial charge on any atom is -0.481 e. The topological polar surface area (TPSA) is 77.2 Å². The summed E-state index contributed by atoms with van der Waals surface area (Å²) < 4.78 is 8.22. The summed E-state index contributed by atoms with van der Waals surface area (Å²) in [6.45, 7) is 1.08. The van der Waals surface area contributed by atoms with Crippen LogP contribution >= 0.6 is 0 Å². The van der Waals surface area contributed by atoms with Crippen molar-refractivity contribution in [1.82, 2.24) is 14.5 Å². The summed E-state index contributed by atoms with van der Waals surface area (Å²) in [5.41, 5.74) is 1.12. The largest absolute Gasteiger partial charge is 0.481 e. The van der Waals surface area contributed by atoms with Crippen molar-refractivity contribution in [3.05, 3.63) is 36.9 Å². The van der Waals surface area contributed by atoms with Crippen molar-refractivity contribution < 1.29 is 14.6 Å². The first-order chi connectivity index (χ1) is 10.6. The lowest BCUT2D eigenvalue weighted by Crippen LogP contribution is -2.21. The Kier molecular flexibility index (Phi) is 4.20. The molecule has 4 heterocycles. The number of carbonyl (C=O) groups is 1. The summed E-state index contributed by atoms with van der Waals surface area (Å²) in [6.07, 6.45) is 11.9. The second kappa shape index (κ2) is 6.27. The Labute approximate surface area is 128 Å². The van der Waals surface area contributed by atoms with Crippen LogP contribution in [0.15, 0.2) is 36.9 Å². The van der Waals surface area contributed by atoms with Crippen LogP contribution in [0.5, 0.6) is 0 Å². The number of aliphatic carboxylic acids is 1. The van der Waals surface area contributed by atoms with E-state index in [4.69, 9.17) is 14.6 Å². The Balaban J connectivity index is 0.000000325. The van der Waals surface area contributed by atoms with Gasteiger partial charge in [-0.05, 0) is 31.4 Å². The SMILES string of the molecule is CC(=O)O.c1cc(-c2nccn2[C@@H]2C[C@@H]3CC[C@H]2O3)ccn1. The number of fused-ring (bicyclic) bond motifs is 2. The third-order valence-electron chi connectivity index (χ3n) is 4.04. The quantitative estimate of drug-likeness (QED) is 0.922. The Bertz CT molecular complexity index is 637. The van der Waals surface area contributed by atoms with Crippen molar-refractivity contribution in [3.63, 3.8) is 0 Å². The average molecular weight is 301 g/mol. The molecule has 0 saturated carbocycles. The zero-order valence-electron chi connectivity index (χ0n) is 12.4. The number of hydrogen-bond donors (Lipinski definition) is 1. The molecule has 116 valence electrons. The zero-order valence-corrected chi connectivity index (χ0v) is 12.4. The Morgan fingerprint density at radius 2 is 2.05 bits per heavy atom. The maximum absolute atomic E-state index is 9.00. The van der Waals surface area contributed by atoms with Gasteiger partial charge >= 0.3 is 0 Å². The van der Waals surface area contributed by atoms with Crippen molar-refractivity contribution in [2.75, 3.05) is 0 Å². The minimum absolute atomic E-state index is 0.379. The first-order valence-corrected chi connectivity index (χ1v) is 7.43. The Morgan fingerprint density at radius 3 is 2.64 bits per heavy atom. The number of nitrogens with zero attached hydrogens (tertiary/aromatic N) is 3. The first kappa shape index (κ1) is 14.7. The Hall–Kier alpha value is -2.21. The molecule has 6 nitrogen and oxygen atoms in total. The summed E-state index contributed by atoms with van der Waals surface area (Å²) in [5, 5.41) is 7.42. The maximum Gasteiger partial charge on any atom is 0.300 e. The number of aromatic nitrogens is 3. The van der Waals surface area contributed by atoms with Gasteiger partial charge in [-0.1, -0.05) is 0 Å². The molecule has 4 rings (SSSR count). The van der Waals surface area contributed by atoms with Gasteiger partial charge in [-0.2, -0.15) is 0 Å². The second-order valence-corrected chi connectivity index (χ2v) is 5.59. The van der Waals surface area contributed by atoms with Gasteiger partial charge in [0.2, 0.25) is 0 Å². The second-order valence-electron chi connectivity index (χ2n) is 5.59. The predicted molar refractivity (Wildman–Crippen MR) is 80.3 cm³/mol. The monoisotopic (exact) mass is 301 g/mol. The van der Waals surface area contributed by atoms with Crippen LogP contribution in [0.3, 0.4) is 0 Å². The minimum atomic E-state index is -0.833. The van der Waals surface area contributed by atoms with E-state index in [1.54, 1.807) is 0 Å². The molecule has 2 aromatic rings. The predicted octanol–water partition coefficient (Wildman–Crippen LogP) is 2.53. The molecule has 2 aliphatic heterocycles. The Morgan fingerprint density at radius 1 is 1.32 bits per heavy atom. The fourth-order valence-electron chi connectivity index (χ4n) is 3.21. The van der Waals surface area contributed by atoms with Gasteiger partial charge in [0, 0.05) is 37.3 Å². The number of hydrogen-bond acceptors (Lipinski definition) is 4. The van der Waals surface area contributed by atoms with Crippen molar-refractivity contribution in [1.29, 1.82) is 0 Å². The lowest BCUT2D eigenvalue weighted by molar-refractivity contribution is -0.134. The molecule has 2 aliphatic rings. The molecule has 0 radical (unpaired) electrons. The van der Waals surface area contributed by atoms with Gasteiger partial charge in [-0.15, -0.1) is 0 Å². The average Bonchev–Trinajstić information content (AvgIpc) is 3.23. The van der Waals surface area contributed by atoms with E-state index in [1.165, 1.54) is 12.8 Å². The van der Waals surface area contributed by atoms with E-state index in [1.807, 2.05) is 30.7 Å². The van der Waals surface area contributed by atoms with E-state index >= 15 is 0 Å². The van der Waals surface area contributed by atoms with Gasteiger partial charge in [-0.25, -0.2) is 4.98 Å². The van der Waals surface area contributed by atoms with Crippen molar-refractivity contribution in [2.24, 2.45) is 0 Å². The van der Waals surface area contributed by atoms with Crippen LogP contribution in [-0.4, -0.2) is 37.8 Å². The van der Waals surface area contributed by atoms with E-state index < -0.39 is 5.97 Å². The summed E-state index contributed by atoms with van der Waals surface area (Å²) in [6, 6.07) is 4.47. The van der Waals surface area contributed by atoms with E-state index in [9.17, 15) is 0 Å². The molecule has 2 aromatic heterocycles. The number of ether oxygens (including phenoxy) is 1. The number of carboxylic acid groups (broad SMARTS) is 1. The van der Waals surface area contributed by atoms with Gasteiger partial charge in [0.25, 0.3) is 5.97 Å². The van der Waals surface area contributed by atoms with E-state index in [0.717, 1.165) is 24.7 Å². The van der Waals surface area contributed by atoms with Crippen molar-refractivity contribution in [3.8, 4) is 11.4 Å². The van der Waals surface area contributed by atoms with Crippen LogP contribution in [0, 0.1) is 0 Å². The molecule has 3 atom stereocenters. The fraction of sp³-hybridized carbons (Fsp3) is 0.438. The highest BCUT2D eigenvalue weighted by Gasteiger charge is 2.42. The van der Waals surface area contributed by atoms with Crippen LogP contribution in [0.4, 0.5) is 0 Å². The highest BCUT2D eigenvalue weighted by molar-refractivity contribution is 5.63. The molecule has 0 unspecified atom stereocenters. The molecule has 6 heteroatoms. The van der Waals surface area contributed by atoms with Gasteiger partial charge in [0.05, 0.1) is 18.2 Å². The number of carboxylic acids is 1. The van der Waals surface area contributed by atoms with E-state index in [2.05, 4.69) is 20.7 Å². The smallest absolute Gasteiger partial charge is 0.300 e. The van der Waals surface area contributed by atoms with Gasteiger partial charge in [-0.3, -0.25) is 9.78 Å². The van der Waals surface area contributed by atoms with Gasteiger partial charge < -0.3 is 14.4 Å². The lowest BCUT2D eigenvalue weighted by Gasteiger charge is -2.22. The van der Waals surface area contributed by atoms with Crippen molar-refractivity contribution in [2.45, 2.75) is 44.4 Å². The molecule has 0 amide bonds. The first-order valence-electron chi connectivity index (χ1n) is 7.43. The summed E-state index contributed by atoms with van der Waals surface area (Å²) in [4.78, 5) is 17.6. The summed E-state index contributed by atoms with van der Waals surface area (Å²) >= 11 is 0. The molecule has 2 fully saturated rings. The van der Waals surface area contributed by atoms with Crippen LogP contribution in [0.2, 0.25) is 0 Å². The van der Waals surface area contributed by atoms with Crippen molar-refractivity contribution >= 4 is 5.97 Å². The number of imidazole rings is 1. The van der Waals surface area contributed by atoms with Crippen LogP contribution in [0.1, 0.15) is 32.2 Å². The molecule has 2 saturated heterocycles. The number of rotatable bonds is 2. The summed E-state index contributed by atoms with van der Waals surface area (Å²) in [7, 11) is 0. The third-order valence-corrected chi connectivity index (χ3v) is 4.04. The molecule has 0 aliphatic carbocycles. The highest BCUT2D eigenvalue weighted by Crippen LogP contribution is 2.42. The zero-order chi connectivity index (χ0) is 15.5. The van der Waals surface area contributed by atoms with E-state index in [0.29, 0.717) is 18.2 Å². The van der Waals surface area contributed by atoms with Crippen LogP contribution < -0.4 is 0 Å².